The summed E-state index contributed by atoms with van der Waals surface area (Å²) < 4.78 is 7.85. The van der Waals surface area contributed by atoms with Gasteiger partial charge in [-0.15, -0.1) is 0 Å². The first kappa shape index (κ1) is 15.5. The molecule has 0 aliphatic rings. The zero-order valence-electron chi connectivity index (χ0n) is 12.4. The minimum absolute atomic E-state index is 0.391. The predicted octanol–water partition coefficient (Wildman–Crippen LogP) is 2.80. The molecule has 2 aromatic rings. The number of rotatable bonds is 3. The minimum atomic E-state index is -0.391. The predicted molar refractivity (Wildman–Crippen MR) is 84.0 cm³/mol. The van der Waals surface area contributed by atoms with Gasteiger partial charge in [-0.05, 0) is 42.2 Å². The Bertz CT molecular complexity index is 757. The molecule has 0 aliphatic carbocycles. The third kappa shape index (κ3) is 2.94. The fraction of sp³-hybridized carbons (Fsp3) is 0.333. The molecule has 0 spiro atoms. The fourth-order valence-electron chi connectivity index (χ4n) is 2.33. The van der Waals surface area contributed by atoms with Gasteiger partial charge in [0.25, 0.3) is 0 Å². The van der Waals surface area contributed by atoms with Crippen LogP contribution in [0.5, 0.6) is 5.75 Å². The highest BCUT2D eigenvalue weighted by Crippen LogP contribution is 2.34. The average Bonchev–Trinajstić information content (AvgIpc) is 2.62. The largest absolute Gasteiger partial charge is 0.425 e. The lowest BCUT2D eigenvalue weighted by Gasteiger charge is -2.11. The monoisotopic (exact) mass is 349 g/mol. The summed E-state index contributed by atoms with van der Waals surface area (Å²) in [7, 11) is 5.85. The van der Waals surface area contributed by atoms with Gasteiger partial charge in [-0.3, -0.25) is 4.79 Å². The van der Waals surface area contributed by atoms with Crippen molar-refractivity contribution in [3.05, 3.63) is 27.9 Å². The molecule has 1 aromatic carbocycles. The van der Waals surface area contributed by atoms with E-state index in [9.17, 15) is 10.1 Å². The highest BCUT2D eigenvalue weighted by Gasteiger charge is 2.18. The molecule has 6 heteroatoms. The Hall–Kier alpha value is -1.84. The molecule has 0 bridgehead atoms. The van der Waals surface area contributed by atoms with Crippen LogP contribution >= 0.6 is 15.9 Å². The molecule has 21 heavy (non-hydrogen) atoms. The van der Waals surface area contributed by atoms with E-state index < -0.39 is 5.97 Å². The zero-order chi connectivity index (χ0) is 15.7. The first-order valence-corrected chi connectivity index (χ1v) is 7.18. The molecule has 0 aliphatic heterocycles. The van der Waals surface area contributed by atoms with E-state index in [4.69, 9.17) is 4.74 Å². The number of nitrogens with zero attached hydrogens (tertiary/aromatic N) is 3. The van der Waals surface area contributed by atoms with E-state index in [-0.39, 0.29) is 0 Å². The van der Waals surface area contributed by atoms with Crippen molar-refractivity contribution in [1.82, 2.24) is 9.47 Å². The third-order valence-corrected chi connectivity index (χ3v) is 3.83. The number of benzene rings is 1. The number of halogens is 1. The topological polar surface area (TPSA) is 58.3 Å². The summed E-state index contributed by atoms with van der Waals surface area (Å²) in [6.45, 7) is 2.01. The van der Waals surface area contributed by atoms with Gasteiger partial charge in [-0.1, -0.05) is 0 Å². The molecule has 0 radical (unpaired) electrons. The molecule has 0 N–H and O–H groups in total. The van der Waals surface area contributed by atoms with Crippen LogP contribution in [0.2, 0.25) is 0 Å². The number of aromatic nitrogens is 1. The molecule has 5 nitrogen and oxygen atoms in total. The first-order chi connectivity index (χ1) is 9.85. The van der Waals surface area contributed by atoms with Crippen LogP contribution in [-0.2, 0) is 18.4 Å². The van der Waals surface area contributed by atoms with E-state index in [1.54, 1.807) is 6.07 Å². The van der Waals surface area contributed by atoms with E-state index >= 15 is 0 Å². The van der Waals surface area contributed by atoms with Crippen molar-refractivity contribution in [1.29, 1.82) is 5.26 Å². The lowest BCUT2D eigenvalue weighted by molar-refractivity contribution is -0.131. The van der Waals surface area contributed by atoms with Crippen LogP contribution in [0.3, 0.4) is 0 Å². The van der Waals surface area contributed by atoms with Crippen molar-refractivity contribution in [3.63, 3.8) is 0 Å². The van der Waals surface area contributed by atoms with Gasteiger partial charge in [-0.25, -0.2) is 0 Å². The van der Waals surface area contributed by atoms with Gasteiger partial charge in [0.2, 0.25) is 0 Å². The summed E-state index contributed by atoms with van der Waals surface area (Å²) in [6, 6.07) is 5.86. The summed E-state index contributed by atoms with van der Waals surface area (Å²) in [6.07, 6.45) is 0. The molecule has 0 unspecified atom stereocenters. The van der Waals surface area contributed by atoms with E-state index in [0.717, 1.165) is 16.6 Å². The van der Waals surface area contributed by atoms with Gasteiger partial charge in [0.05, 0.1) is 21.2 Å². The number of aryl methyl sites for hydroxylation is 1. The molecule has 2 rings (SSSR count). The summed E-state index contributed by atoms with van der Waals surface area (Å²) in [5.41, 5.74) is 2.47. The number of esters is 1. The van der Waals surface area contributed by atoms with Crippen molar-refractivity contribution in [3.8, 4) is 11.8 Å². The number of ether oxygens (including phenoxy) is 1. The Labute approximate surface area is 131 Å². The van der Waals surface area contributed by atoms with Crippen LogP contribution in [0.4, 0.5) is 0 Å². The molecule has 0 saturated carbocycles. The summed E-state index contributed by atoms with van der Waals surface area (Å²) in [5.74, 6) is 0.0338. The van der Waals surface area contributed by atoms with Gasteiger partial charge in [0, 0.05) is 25.9 Å². The first-order valence-electron chi connectivity index (χ1n) is 6.39. The standard InChI is InChI=1S/C15H16BrN3O2/c1-9(20)21-15-5-10-11(7-17)14(8-18(2)3)19(4)13(10)6-12(15)16/h5-6H,8H2,1-4H3. The average molecular weight is 350 g/mol. The number of carbonyl (C=O) groups is 1. The molecular weight excluding hydrogens is 334 g/mol. The minimum Gasteiger partial charge on any atom is -0.425 e. The van der Waals surface area contributed by atoms with Gasteiger partial charge in [0.1, 0.15) is 11.8 Å². The van der Waals surface area contributed by atoms with Gasteiger partial charge in [0.15, 0.2) is 0 Å². The molecular formula is C15H16BrN3O2. The quantitative estimate of drug-likeness (QED) is 0.631. The fourth-order valence-corrected chi connectivity index (χ4v) is 2.74. The molecule has 1 heterocycles. The second-order valence-electron chi connectivity index (χ2n) is 5.12. The lowest BCUT2D eigenvalue weighted by atomic mass is 10.1. The van der Waals surface area contributed by atoms with E-state index in [2.05, 4.69) is 22.0 Å². The Morgan fingerprint density at radius 2 is 2.14 bits per heavy atom. The summed E-state index contributed by atoms with van der Waals surface area (Å²) >= 11 is 3.40. The maximum absolute atomic E-state index is 11.2. The van der Waals surface area contributed by atoms with E-state index in [0.29, 0.717) is 22.3 Å². The second-order valence-corrected chi connectivity index (χ2v) is 5.98. The Balaban J connectivity index is 2.72. The third-order valence-electron chi connectivity index (χ3n) is 3.21. The molecule has 1 aromatic heterocycles. The van der Waals surface area contributed by atoms with E-state index in [1.807, 2.05) is 36.7 Å². The van der Waals surface area contributed by atoms with Crippen LogP contribution < -0.4 is 4.74 Å². The van der Waals surface area contributed by atoms with Crippen LogP contribution in [0, 0.1) is 11.3 Å². The maximum Gasteiger partial charge on any atom is 0.308 e. The second kappa shape index (κ2) is 5.88. The molecule has 0 atom stereocenters. The number of hydrogen-bond acceptors (Lipinski definition) is 4. The van der Waals surface area contributed by atoms with Crippen LogP contribution in [0.25, 0.3) is 10.9 Å². The van der Waals surface area contributed by atoms with Crippen molar-refractivity contribution in [2.45, 2.75) is 13.5 Å². The SMILES string of the molecule is CC(=O)Oc1cc2c(C#N)c(CN(C)C)n(C)c2cc1Br. The number of carbonyl (C=O) groups excluding carboxylic acids is 1. The summed E-state index contributed by atoms with van der Waals surface area (Å²) in [5, 5.41) is 10.3. The smallest absolute Gasteiger partial charge is 0.308 e. The van der Waals surface area contributed by atoms with Crippen LogP contribution in [-0.4, -0.2) is 29.5 Å². The highest BCUT2D eigenvalue weighted by molar-refractivity contribution is 9.10. The van der Waals surface area contributed by atoms with Crippen molar-refractivity contribution in [2.24, 2.45) is 7.05 Å². The van der Waals surface area contributed by atoms with Crippen LogP contribution in [0.1, 0.15) is 18.2 Å². The van der Waals surface area contributed by atoms with Gasteiger partial charge < -0.3 is 14.2 Å². The molecule has 110 valence electrons. The van der Waals surface area contributed by atoms with E-state index in [1.165, 1.54) is 6.92 Å². The summed E-state index contributed by atoms with van der Waals surface area (Å²) in [4.78, 5) is 13.2. The zero-order valence-corrected chi connectivity index (χ0v) is 14.0. The van der Waals surface area contributed by atoms with Crippen molar-refractivity contribution >= 4 is 32.8 Å². The van der Waals surface area contributed by atoms with Crippen molar-refractivity contribution < 1.29 is 9.53 Å². The normalized spacial score (nSPS) is 10.9. The van der Waals surface area contributed by atoms with Crippen molar-refractivity contribution in [2.75, 3.05) is 14.1 Å². The molecule has 0 amide bonds. The van der Waals surface area contributed by atoms with Gasteiger partial charge >= 0.3 is 5.97 Å². The Kier molecular flexibility index (Phi) is 4.35. The highest BCUT2D eigenvalue weighted by atomic mass is 79.9. The maximum atomic E-state index is 11.2. The Morgan fingerprint density at radius 3 is 2.67 bits per heavy atom. The van der Waals surface area contributed by atoms with Crippen LogP contribution in [0.15, 0.2) is 16.6 Å². The number of fused-ring (bicyclic) bond motifs is 1. The lowest BCUT2D eigenvalue weighted by Crippen LogP contribution is -2.14. The van der Waals surface area contributed by atoms with Gasteiger partial charge in [-0.2, -0.15) is 5.26 Å². The molecule has 0 fully saturated rings. The molecule has 0 saturated heterocycles. The Morgan fingerprint density at radius 1 is 1.48 bits per heavy atom. The number of nitriles is 1. The number of hydrogen-bond donors (Lipinski definition) is 0.